The molecule has 0 saturated carbocycles. The fourth-order valence-corrected chi connectivity index (χ4v) is 4.19. The second kappa shape index (κ2) is 5.24. The maximum Gasteiger partial charge on any atom is 0.260 e. The first-order valence-corrected chi connectivity index (χ1v) is 8.04. The minimum absolute atomic E-state index is 0.00246. The van der Waals surface area contributed by atoms with Crippen LogP contribution in [0.1, 0.15) is 12.8 Å². The Hall–Kier alpha value is -0.790. The van der Waals surface area contributed by atoms with Crippen LogP contribution in [0.2, 0.25) is 0 Å². The van der Waals surface area contributed by atoms with Crippen LogP contribution in [-0.2, 0) is 10.0 Å². The summed E-state index contributed by atoms with van der Waals surface area (Å²) in [6.07, 6.45) is 3.15. The number of aromatic nitrogens is 1. The van der Waals surface area contributed by atoms with E-state index < -0.39 is 10.0 Å². The molecule has 5 nitrogen and oxygen atoms in total. The van der Waals surface area contributed by atoms with Gasteiger partial charge in [-0.1, -0.05) is 0 Å². The van der Waals surface area contributed by atoms with E-state index in [1.54, 1.807) is 6.07 Å². The van der Waals surface area contributed by atoms with E-state index in [0.29, 0.717) is 0 Å². The zero-order chi connectivity index (χ0) is 12.3. The Balaban J connectivity index is 2.16. The summed E-state index contributed by atoms with van der Waals surface area (Å²) in [5, 5.41) is -0.0711. The molecule has 0 bridgehead atoms. The molecule has 0 spiro atoms. The first-order valence-electron chi connectivity index (χ1n) is 5.40. The summed E-state index contributed by atoms with van der Waals surface area (Å²) in [4.78, 5) is 3.83. The van der Waals surface area contributed by atoms with Crippen LogP contribution < -0.4 is 10.5 Å². The standard InChI is InChI=1S/C10H15N3O2S2/c11-9-2-1-5-12-10(9)17(14,15)13-8-3-6-16-7-4-8/h1-2,5,8,13H,3-4,6-7,11H2. The summed E-state index contributed by atoms with van der Waals surface area (Å²) in [6, 6.07) is 3.16. The van der Waals surface area contributed by atoms with Gasteiger partial charge in [0.05, 0.1) is 5.69 Å². The van der Waals surface area contributed by atoms with E-state index in [-0.39, 0.29) is 16.8 Å². The minimum Gasteiger partial charge on any atom is -0.396 e. The third-order valence-corrected chi connectivity index (χ3v) is 5.14. The largest absolute Gasteiger partial charge is 0.396 e. The molecule has 0 aromatic carbocycles. The molecule has 2 rings (SSSR count). The number of pyridine rings is 1. The molecule has 0 atom stereocenters. The van der Waals surface area contributed by atoms with Crippen LogP contribution in [0.5, 0.6) is 0 Å². The van der Waals surface area contributed by atoms with Crippen LogP contribution in [0.25, 0.3) is 0 Å². The van der Waals surface area contributed by atoms with E-state index in [4.69, 9.17) is 5.73 Å². The lowest BCUT2D eigenvalue weighted by Crippen LogP contribution is -2.37. The zero-order valence-electron chi connectivity index (χ0n) is 9.30. The Bertz CT molecular complexity index is 484. The molecule has 0 aliphatic carbocycles. The van der Waals surface area contributed by atoms with Crippen LogP contribution in [0.3, 0.4) is 0 Å². The molecule has 0 radical (unpaired) electrons. The van der Waals surface area contributed by atoms with Gasteiger partial charge in [0.15, 0.2) is 5.03 Å². The molecule has 1 aliphatic rings. The number of nitrogens with zero attached hydrogens (tertiary/aromatic N) is 1. The summed E-state index contributed by atoms with van der Waals surface area (Å²) in [6.45, 7) is 0. The van der Waals surface area contributed by atoms with Crippen LogP contribution in [0.15, 0.2) is 23.4 Å². The summed E-state index contributed by atoms with van der Waals surface area (Å²) >= 11 is 1.85. The van der Waals surface area contributed by atoms with Crippen molar-refractivity contribution in [3.63, 3.8) is 0 Å². The topological polar surface area (TPSA) is 85.1 Å². The maximum absolute atomic E-state index is 12.1. The van der Waals surface area contributed by atoms with Gasteiger partial charge in [-0.15, -0.1) is 0 Å². The molecule has 1 aromatic rings. The lowest BCUT2D eigenvalue weighted by molar-refractivity contribution is 0.526. The Morgan fingerprint density at radius 1 is 1.41 bits per heavy atom. The molecule has 3 N–H and O–H groups in total. The number of hydrogen-bond acceptors (Lipinski definition) is 5. The van der Waals surface area contributed by atoms with Gasteiger partial charge in [0.25, 0.3) is 10.0 Å². The fourth-order valence-electron chi connectivity index (χ4n) is 1.72. The van der Waals surface area contributed by atoms with E-state index >= 15 is 0 Å². The first-order chi connectivity index (χ1) is 8.09. The predicted molar refractivity (Wildman–Crippen MR) is 69.3 cm³/mol. The maximum atomic E-state index is 12.1. The molecule has 17 heavy (non-hydrogen) atoms. The van der Waals surface area contributed by atoms with Crippen molar-refractivity contribution < 1.29 is 8.42 Å². The van der Waals surface area contributed by atoms with Crippen molar-refractivity contribution in [2.45, 2.75) is 23.9 Å². The van der Waals surface area contributed by atoms with Crippen molar-refractivity contribution in [3.05, 3.63) is 18.3 Å². The van der Waals surface area contributed by atoms with Crippen LogP contribution in [0.4, 0.5) is 5.69 Å². The predicted octanol–water partition coefficient (Wildman–Crippen LogP) is 0.838. The number of nitrogens with one attached hydrogen (secondary N) is 1. The average molecular weight is 273 g/mol. The van der Waals surface area contributed by atoms with Gasteiger partial charge < -0.3 is 5.73 Å². The van der Waals surface area contributed by atoms with Gasteiger partial charge in [-0.25, -0.2) is 18.1 Å². The van der Waals surface area contributed by atoms with E-state index in [0.717, 1.165) is 24.3 Å². The van der Waals surface area contributed by atoms with Crippen molar-refractivity contribution in [2.75, 3.05) is 17.2 Å². The van der Waals surface area contributed by atoms with Crippen molar-refractivity contribution in [2.24, 2.45) is 0 Å². The van der Waals surface area contributed by atoms with Gasteiger partial charge in [-0.2, -0.15) is 11.8 Å². The molecule has 94 valence electrons. The molecule has 1 fully saturated rings. The Labute approximate surface area is 105 Å². The summed E-state index contributed by atoms with van der Waals surface area (Å²) in [5.74, 6) is 1.98. The molecule has 0 amide bonds. The van der Waals surface area contributed by atoms with Gasteiger partial charge in [-0.05, 0) is 36.5 Å². The number of rotatable bonds is 3. The van der Waals surface area contributed by atoms with Crippen LogP contribution in [-0.4, -0.2) is 30.9 Å². The number of nitrogen functional groups attached to an aromatic ring is 1. The second-order valence-electron chi connectivity index (χ2n) is 3.91. The Kier molecular flexibility index (Phi) is 3.90. The first kappa shape index (κ1) is 12.7. The second-order valence-corrected chi connectivity index (χ2v) is 6.76. The molecule has 1 aromatic heterocycles. The molecular formula is C10H15N3O2S2. The molecule has 2 heterocycles. The van der Waals surface area contributed by atoms with Crippen molar-refractivity contribution in [1.82, 2.24) is 9.71 Å². The van der Waals surface area contributed by atoms with Crippen molar-refractivity contribution in [3.8, 4) is 0 Å². The normalized spacial score (nSPS) is 18.1. The van der Waals surface area contributed by atoms with Crippen LogP contribution in [0, 0.1) is 0 Å². The lowest BCUT2D eigenvalue weighted by atomic mass is 10.2. The van der Waals surface area contributed by atoms with E-state index in [2.05, 4.69) is 9.71 Å². The van der Waals surface area contributed by atoms with E-state index in [9.17, 15) is 8.42 Å². The van der Waals surface area contributed by atoms with Crippen molar-refractivity contribution in [1.29, 1.82) is 0 Å². The summed E-state index contributed by atoms with van der Waals surface area (Å²) in [7, 11) is -3.59. The van der Waals surface area contributed by atoms with Gasteiger partial charge >= 0.3 is 0 Å². The third-order valence-electron chi connectivity index (χ3n) is 2.60. The van der Waals surface area contributed by atoms with Gasteiger partial charge in [0.2, 0.25) is 0 Å². The number of thioether (sulfide) groups is 1. The summed E-state index contributed by atoms with van der Waals surface area (Å²) < 4.78 is 26.8. The van der Waals surface area contributed by atoms with E-state index in [1.165, 1.54) is 12.3 Å². The molecule has 1 aliphatic heterocycles. The number of anilines is 1. The fraction of sp³-hybridized carbons (Fsp3) is 0.500. The molecular weight excluding hydrogens is 258 g/mol. The summed E-state index contributed by atoms with van der Waals surface area (Å²) in [5.41, 5.74) is 5.81. The number of nitrogens with two attached hydrogens (primary N) is 1. The van der Waals surface area contributed by atoms with E-state index in [1.807, 2.05) is 11.8 Å². The van der Waals surface area contributed by atoms with Gasteiger partial charge in [0, 0.05) is 12.2 Å². The molecule has 1 saturated heterocycles. The van der Waals surface area contributed by atoms with Crippen LogP contribution >= 0.6 is 11.8 Å². The number of hydrogen-bond donors (Lipinski definition) is 2. The monoisotopic (exact) mass is 273 g/mol. The zero-order valence-corrected chi connectivity index (χ0v) is 10.9. The third kappa shape index (κ3) is 3.11. The van der Waals surface area contributed by atoms with Gasteiger partial charge in [0.1, 0.15) is 0 Å². The highest BCUT2D eigenvalue weighted by molar-refractivity contribution is 7.99. The molecule has 7 heteroatoms. The van der Waals surface area contributed by atoms with Crippen molar-refractivity contribution >= 4 is 27.5 Å². The highest BCUT2D eigenvalue weighted by atomic mass is 32.2. The SMILES string of the molecule is Nc1cccnc1S(=O)(=O)NC1CCSCC1. The quantitative estimate of drug-likeness (QED) is 0.852. The highest BCUT2D eigenvalue weighted by Gasteiger charge is 2.24. The Morgan fingerprint density at radius 3 is 2.76 bits per heavy atom. The average Bonchev–Trinajstić information content (AvgIpc) is 2.30. The van der Waals surface area contributed by atoms with Gasteiger partial charge in [-0.3, -0.25) is 0 Å². The smallest absolute Gasteiger partial charge is 0.260 e. The number of sulfonamides is 1. The minimum atomic E-state index is -3.59. The molecule has 0 unspecified atom stereocenters. The Morgan fingerprint density at radius 2 is 2.12 bits per heavy atom. The highest BCUT2D eigenvalue weighted by Crippen LogP contribution is 2.20. The lowest BCUT2D eigenvalue weighted by Gasteiger charge is -2.22.